The lowest BCUT2D eigenvalue weighted by atomic mass is 9.75. The minimum Gasteiger partial charge on any atom is -0.497 e. The van der Waals surface area contributed by atoms with Crippen molar-refractivity contribution in [1.82, 2.24) is 5.32 Å². The summed E-state index contributed by atoms with van der Waals surface area (Å²) < 4.78 is 5.19. The van der Waals surface area contributed by atoms with Gasteiger partial charge in [-0.1, -0.05) is 26.0 Å². The van der Waals surface area contributed by atoms with Gasteiger partial charge in [-0.25, -0.2) is 0 Å². The minimum absolute atomic E-state index is 0.181. The van der Waals surface area contributed by atoms with Crippen molar-refractivity contribution >= 4 is 0 Å². The summed E-state index contributed by atoms with van der Waals surface area (Å²) in [6.07, 6.45) is 3.28. The summed E-state index contributed by atoms with van der Waals surface area (Å²) in [6.45, 7) is 5.66. The van der Waals surface area contributed by atoms with Gasteiger partial charge in [0, 0.05) is 19.2 Å². The standard InChI is InChI=1S/C17H27NO2/c1-17(2,8-9-19)12-18-15-10-14(11-15)13-4-6-16(20-3)7-5-13/h4-7,14-15,18-19H,8-12H2,1-3H3. The van der Waals surface area contributed by atoms with E-state index in [4.69, 9.17) is 9.84 Å². The third kappa shape index (κ3) is 3.97. The normalized spacial score (nSPS) is 22.4. The maximum absolute atomic E-state index is 9.03. The molecule has 3 heteroatoms. The van der Waals surface area contributed by atoms with Crippen LogP contribution in [0.3, 0.4) is 0 Å². The van der Waals surface area contributed by atoms with Crippen molar-refractivity contribution in [2.45, 2.75) is 45.1 Å². The van der Waals surface area contributed by atoms with Crippen LogP contribution in [0.5, 0.6) is 5.75 Å². The molecule has 0 radical (unpaired) electrons. The molecule has 0 heterocycles. The Morgan fingerprint density at radius 1 is 1.25 bits per heavy atom. The van der Waals surface area contributed by atoms with Crippen LogP contribution in [0.15, 0.2) is 24.3 Å². The highest BCUT2D eigenvalue weighted by Gasteiger charge is 2.31. The second-order valence-corrected chi connectivity index (χ2v) is 6.66. The molecule has 3 nitrogen and oxygen atoms in total. The first kappa shape index (κ1) is 15.3. The molecule has 0 unspecified atom stereocenters. The van der Waals surface area contributed by atoms with E-state index < -0.39 is 0 Å². The van der Waals surface area contributed by atoms with Crippen molar-refractivity contribution in [3.63, 3.8) is 0 Å². The molecule has 0 aromatic heterocycles. The average Bonchev–Trinajstić information content (AvgIpc) is 2.37. The van der Waals surface area contributed by atoms with Crippen molar-refractivity contribution in [2.24, 2.45) is 5.41 Å². The van der Waals surface area contributed by atoms with Crippen molar-refractivity contribution in [3.8, 4) is 5.75 Å². The van der Waals surface area contributed by atoms with E-state index in [0.29, 0.717) is 12.0 Å². The zero-order valence-corrected chi connectivity index (χ0v) is 12.9. The maximum atomic E-state index is 9.03. The van der Waals surface area contributed by atoms with E-state index in [9.17, 15) is 0 Å². The summed E-state index contributed by atoms with van der Waals surface area (Å²) in [7, 11) is 1.70. The Balaban J connectivity index is 1.74. The van der Waals surface area contributed by atoms with Gasteiger partial charge in [-0.2, -0.15) is 0 Å². The predicted molar refractivity (Wildman–Crippen MR) is 82.2 cm³/mol. The van der Waals surface area contributed by atoms with Crippen LogP contribution in [-0.2, 0) is 0 Å². The highest BCUT2D eigenvalue weighted by molar-refractivity contribution is 5.30. The van der Waals surface area contributed by atoms with Gasteiger partial charge in [0.05, 0.1) is 7.11 Å². The zero-order chi connectivity index (χ0) is 14.6. The number of aliphatic hydroxyl groups excluding tert-OH is 1. The summed E-state index contributed by atoms with van der Waals surface area (Å²) in [6, 6.07) is 9.06. The van der Waals surface area contributed by atoms with Gasteiger partial charge < -0.3 is 15.2 Å². The third-order valence-corrected chi connectivity index (χ3v) is 4.38. The summed E-state index contributed by atoms with van der Waals surface area (Å²) >= 11 is 0. The Hall–Kier alpha value is -1.06. The molecule has 0 bridgehead atoms. The van der Waals surface area contributed by atoms with Gasteiger partial charge in [0.2, 0.25) is 0 Å². The van der Waals surface area contributed by atoms with Gasteiger partial charge in [-0.15, -0.1) is 0 Å². The number of rotatable bonds is 7. The highest BCUT2D eigenvalue weighted by atomic mass is 16.5. The van der Waals surface area contributed by atoms with Crippen LogP contribution in [0.4, 0.5) is 0 Å². The lowest BCUT2D eigenvalue weighted by molar-refractivity contribution is 0.187. The first-order valence-electron chi connectivity index (χ1n) is 7.52. The lowest BCUT2D eigenvalue weighted by Gasteiger charge is -2.38. The van der Waals surface area contributed by atoms with E-state index in [-0.39, 0.29) is 12.0 Å². The van der Waals surface area contributed by atoms with Gasteiger partial charge in [0.25, 0.3) is 0 Å². The van der Waals surface area contributed by atoms with Crippen molar-refractivity contribution in [2.75, 3.05) is 20.3 Å². The summed E-state index contributed by atoms with van der Waals surface area (Å²) in [5, 5.41) is 12.7. The van der Waals surface area contributed by atoms with Gasteiger partial charge in [0.1, 0.15) is 5.75 Å². The molecule has 0 atom stereocenters. The Bertz CT molecular complexity index is 408. The molecule has 2 rings (SSSR count). The summed E-state index contributed by atoms with van der Waals surface area (Å²) in [5.74, 6) is 1.60. The van der Waals surface area contributed by atoms with Crippen LogP contribution in [-0.4, -0.2) is 31.4 Å². The molecule has 0 spiro atoms. The molecule has 1 saturated carbocycles. The van der Waals surface area contributed by atoms with Crippen molar-refractivity contribution in [1.29, 1.82) is 0 Å². The van der Waals surface area contributed by atoms with Gasteiger partial charge in [-0.3, -0.25) is 0 Å². The third-order valence-electron chi connectivity index (χ3n) is 4.38. The second kappa shape index (κ2) is 6.59. The molecule has 1 aliphatic carbocycles. The zero-order valence-electron chi connectivity index (χ0n) is 12.9. The van der Waals surface area contributed by atoms with Crippen LogP contribution < -0.4 is 10.1 Å². The Morgan fingerprint density at radius 2 is 1.90 bits per heavy atom. The molecular formula is C17H27NO2. The fourth-order valence-electron chi connectivity index (χ4n) is 2.74. The summed E-state index contributed by atoms with van der Waals surface area (Å²) in [4.78, 5) is 0. The highest BCUT2D eigenvalue weighted by Crippen LogP contribution is 2.37. The first-order chi connectivity index (χ1) is 9.54. The number of hydrogen-bond acceptors (Lipinski definition) is 3. The van der Waals surface area contributed by atoms with Crippen molar-refractivity contribution < 1.29 is 9.84 Å². The molecule has 1 aromatic rings. The minimum atomic E-state index is 0.181. The first-order valence-corrected chi connectivity index (χ1v) is 7.52. The van der Waals surface area contributed by atoms with Crippen LogP contribution in [0.25, 0.3) is 0 Å². The van der Waals surface area contributed by atoms with E-state index in [2.05, 4.69) is 31.3 Å². The van der Waals surface area contributed by atoms with E-state index >= 15 is 0 Å². The van der Waals surface area contributed by atoms with Crippen LogP contribution >= 0.6 is 0 Å². The molecule has 1 fully saturated rings. The fourth-order valence-corrected chi connectivity index (χ4v) is 2.74. The van der Waals surface area contributed by atoms with Gasteiger partial charge in [-0.05, 0) is 48.3 Å². The average molecular weight is 277 g/mol. The largest absolute Gasteiger partial charge is 0.497 e. The van der Waals surface area contributed by atoms with Crippen LogP contribution in [0.1, 0.15) is 44.6 Å². The number of nitrogens with one attached hydrogen (secondary N) is 1. The second-order valence-electron chi connectivity index (χ2n) is 6.66. The molecule has 2 N–H and O–H groups in total. The topological polar surface area (TPSA) is 41.5 Å². The maximum Gasteiger partial charge on any atom is 0.118 e. The van der Waals surface area contributed by atoms with Gasteiger partial charge in [0.15, 0.2) is 0 Å². The SMILES string of the molecule is COc1ccc(C2CC(NCC(C)(C)CCO)C2)cc1. The Kier molecular flexibility index (Phi) is 5.06. The molecule has 1 aromatic carbocycles. The molecule has 0 amide bonds. The smallest absolute Gasteiger partial charge is 0.118 e. The molecule has 20 heavy (non-hydrogen) atoms. The fraction of sp³-hybridized carbons (Fsp3) is 0.647. The van der Waals surface area contributed by atoms with Crippen LogP contribution in [0.2, 0.25) is 0 Å². The quantitative estimate of drug-likeness (QED) is 0.805. The lowest BCUT2D eigenvalue weighted by Crippen LogP contribution is -2.44. The number of benzene rings is 1. The molecule has 112 valence electrons. The number of aliphatic hydroxyl groups is 1. The van der Waals surface area contributed by atoms with E-state index in [1.807, 2.05) is 12.1 Å². The van der Waals surface area contributed by atoms with Crippen LogP contribution in [0, 0.1) is 5.41 Å². The van der Waals surface area contributed by atoms with E-state index in [0.717, 1.165) is 18.7 Å². The van der Waals surface area contributed by atoms with E-state index in [1.165, 1.54) is 18.4 Å². The van der Waals surface area contributed by atoms with Crippen molar-refractivity contribution in [3.05, 3.63) is 29.8 Å². The Morgan fingerprint density at radius 3 is 2.45 bits per heavy atom. The number of ether oxygens (including phenoxy) is 1. The number of methoxy groups -OCH3 is 1. The monoisotopic (exact) mass is 277 g/mol. The molecular weight excluding hydrogens is 250 g/mol. The number of hydrogen-bond donors (Lipinski definition) is 2. The predicted octanol–water partition coefficient (Wildman–Crippen LogP) is 2.94. The molecule has 0 saturated heterocycles. The molecule has 0 aliphatic heterocycles. The summed E-state index contributed by atoms with van der Waals surface area (Å²) in [5.41, 5.74) is 1.60. The molecule has 1 aliphatic rings. The Labute approximate surface area is 122 Å². The van der Waals surface area contributed by atoms with Gasteiger partial charge >= 0.3 is 0 Å². The van der Waals surface area contributed by atoms with E-state index in [1.54, 1.807) is 7.11 Å².